The van der Waals surface area contributed by atoms with Crippen molar-refractivity contribution in [3.63, 3.8) is 0 Å². The van der Waals surface area contributed by atoms with Crippen LogP contribution in [0.5, 0.6) is 0 Å². The molecule has 4 aliphatic rings. The zero-order chi connectivity index (χ0) is 18.5. The summed E-state index contributed by atoms with van der Waals surface area (Å²) >= 11 is 6.49. The van der Waals surface area contributed by atoms with Crippen molar-refractivity contribution in [2.45, 2.75) is 63.1 Å². The van der Waals surface area contributed by atoms with Gasteiger partial charge in [0.15, 0.2) is 0 Å². The molecule has 27 heavy (non-hydrogen) atoms. The number of hydrogen-bond acceptors (Lipinski definition) is 3. The van der Waals surface area contributed by atoms with Gasteiger partial charge in [0.1, 0.15) is 0 Å². The molecule has 1 aromatic heterocycles. The Labute approximate surface area is 163 Å². The molecule has 0 radical (unpaired) electrons. The third-order valence-corrected chi connectivity index (χ3v) is 6.92. The van der Waals surface area contributed by atoms with Gasteiger partial charge in [-0.2, -0.15) is 0 Å². The number of anilines is 1. The minimum Gasteiger partial charge on any atom is -0.318 e. The van der Waals surface area contributed by atoms with Crippen molar-refractivity contribution in [1.29, 1.82) is 0 Å². The Hall–Kier alpha value is -2.08. The van der Waals surface area contributed by atoms with E-state index in [1.165, 1.54) is 0 Å². The molecule has 4 fully saturated rings. The van der Waals surface area contributed by atoms with Crippen LogP contribution in [0.1, 0.15) is 56.6 Å². The molecule has 2 aliphatic carbocycles. The van der Waals surface area contributed by atoms with Gasteiger partial charge < -0.3 is 10.2 Å². The third-order valence-electron chi connectivity index (χ3n) is 6.58. The van der Waals surface area contributed by atoms with Crippen LogP contribution >= 0.6 is 11.6 Å². The molecule has 1 aromatic carbocycles. The molecule has 3 heterocycles. The highest BCUT2D eigenvalue weighted by Gasteiger charge is 2.46. The van der Waals surface area contributed by atoms with Crippen LogP contribution in [0.3, 0.4) is 0 Å². The number of aromatic nitrogens is 3. The fourth-order valence-electron chi connectivity index (χ4n) is 5.13. The van der Waals surface area contributed by atoms with Crippen LogP contribution in [0.4, 0.5) is 10.5 Å². The van der Waals surface area contributed by atoms with Crippen molar-refractivity contribution in [3.05, 3.63) is 41.2 Å². The number of nitrogens with one attached hydrogen (secondary N) is 1. The van der Waals surface area contributed by atoms with Crippen molar-refractivity contribution >= 4 is 23.3 Å². The molecule has 5 atom stereocenters. The summed E-state index contributed by atoms with van der Waals surface area (Å²) < 4.78 is 1.91. The summed E-state index contributed by atoms with van der Waals surface area (Å²) in [6, 6.07) is 6.95. The first-order valence-electron chi connectivity index (χ1n) is 9.84. The van der Waals surface area contributed by atoms with Gasteiger partial charge >= 0.3 is 6.03 Å². The van der Waals surface area contributed by atoms with Crippen molar-refractivity contribution in [2.75, 3.05) is 5.32 Å². The lowest BCUT2D eigenvalue weighted by Crippen LogP contribution is -2.63. The lowest BCUT2D eigenvalue weighted by Gasteiger charge is -2.54. The maximum absolute atomic E-state index is 12.8. The van der Waals surface area contributed by atoms with Crippen LogP contribution in [-0.4, -0.2) is 38.0 Å². The number of benzene rings is 1. The van der Waals surface area contributed by atoms with Crippen LogP contribution in [-0.2, 0) is 0 Å². The SMILES string of the molecule is CC1CC2C[C@@H](C1)N2C(=O)Nc1ccc(Cl)c(C2CCC2n2ccnn2)c1. The van der Waals surface area contributed by atoms with Gasteiger partial charge in [-0.05, 0) is 61.8 Å². The Kier molecular flexibility index (Phi) is 4.11. The van der Waals surface area contributed by atoms with E-state index in [0.717, 1.165) is 54.3 Å². The van der Waals surface area contributed by atoms with E-state index < -0.39 is 0 Å². The van der Waals surface area contributed by atoms with Gasteiger partial charge in [-0.15, -0.1) is 5.10 Å². The lowest BCUT2D eigenvalue weighted by atomic mass is 9.74. The smallest absolute Gasteiger partial charge is 0.318 e. The first-order chi connectivity index (χ1) is 13.1. The quantitative estimate of drug-likeness (QED) is 0.848. The van der Waals surface area contributed by atoms with Crippen LogP contribution in [0.15, 0.2) is 30.6 Å². The number of piperidine rings is 1. The molecular weight excluding hydrogens is 362 g/mol. The molecule has 6 nitrogen and oxygen atoms in total. The van der Waals surface area contributed by atoms with E-state index in [1.54, 1.807) is 6.20 Å². The van der Waals surface area contributed by atoms with E-state index in [0.29, 0.717) is 18.0 Å². The zero-order valence-electron chi connectivity index (χ0n) is 15.4. The van der Waals surface area contributed by atoms with Crippen LogP contribution in [0, 0.1) is 5.92 Å². The maximum atomic E-state index is 12.8. The molecular formula is C20H24ClN5O. The first-order valence-corrected chi connectivity index (χ1v) is 10.2. The fraction of sp³-hybridized carbons (Fsp3) is 0.550. The second kappa shape index (κ2) is 6.51. The molecule has 2 saturated carbocycles. The van der Waals surface area contributed by atoms with Crippen molar-refractivity contribution in [1.82, 2.24) is 19.9 Å². The maximum Gasteiger partial charge on any atom is 0.322 e. The van der Waals surface area contributed by atoms with E-state index in [-0.39, 0.29) is 12.1 Å². The Morgan fingerprint density at radius 3 is 2.70 bits per heavy atom. The van der Waals surface area contributed by atoms with E-state index >= 15 is 0 Å². The Bertz CT molecular complexity index is 842. The van der Waals surface area contributed by atoms with Crippen molar-refractivity contribution < 1.29 is 4.79 Å². The summed E-state index contributed by atoms with van der Waals surface area (Å²) in [6.07, 6.45) is 9.14. The van der Waals surface area contributed by atoms with E-state index in [4.69, 9.17) is 11.6 Å². The highest BCUT2D eigenvalue weighted by atomic mass is 35.5. The first kappa shape index (κ1) is 17.0. The molecule has 1 N–H and O–H groups in total. The van der Waals surface area contributed by atoms with Gasteiger partial charge in [-0.1, -0.05) is 23.7 Å². The van der Waals surface area contributed by atoms with E-state index in [1.807, 2.05) is 34.0 Å². The molecule has 142 valence electrons. The number of fused-ring (bicyclic) bond motifs is 2. The Morgan fingerprint density at radius 1 is 1.22 bits per heavy atom. The minimum atomic E-state index is 0.0258. The standard InChI is InChI=1S/C20H24ClN5O/c1-12-8-14-11-15(9-12)26(14)20(27)23-13-2-4-18(21)17(10-13)16-3-5-19(16)25-7-6-22-24-25/h2,4,6-7,10,12,14-16,19H,3,5,8-9,11H2,1H3,(H,23,27)/t12?,14-,15?,16?,19?/m1/s1. The van der Waals surface area contributed by atoms with Gasteiger partial charge in [0.2, 0.25) is 0 Å². The largest absolute Gasteiger partial charge is 0.322 e. The molecule has 0 spiro atoms. The summed E-state index contributed by atoms with van der Waals surface area (Å²) in [6.45, 7) is 2.28. The second-order valence-corrected chi connectivity index (χ2v) is 8.74. The number of carbonyl (C=O) groups excluding carboxylic acids is 1. The van der Waals surface area contributed by atoms with Gasteiger partial charge in [0.25, 0.3) is 0 Å². The number of nitrogens with zero attached hydrogens (tertiary/aromatic N) is 4. The zero-order valence-corrected chi connectivity index (χ0v) is 16.1. The summed E-state index contributed by atoms with van der Waals surface area (Å²) in [5, 5.41) is 11.9. The number of amides is 2. The Morgan fingerprint density at radius 2 is 2.04 bits per heavy atom. The molecule has 2 bridgehead atoms. The predicted molar refractivity (Wildman–Crippen MR) is 104 cm³/mol. The summed E-state index contributed by atoms with van der Waals surface area (Å²) in [5.74, 6) is 1.03. The van der Waals surface area contributed by atoms with Gasteiger partial charge in [0, 0.05) is 34.9 Å². The monoisotopic (exact) mass is 385 g/mol. The van der Waals surface area contributed by atoms with Crippen LogP contribution in [0.2, 0.25) is 5.02 Å². The average Bonchev–Trinajstić information content (AvgIpc) is 3.10. The number of carbonyl (C=O) groups is 1. The number of halogens is 1. The minimum absolute atomic E-state index is 0.0258. The normalized spacial score (nSPS) is 31.8. The summed E-state index contributed by atoms with van der Waals surface area (Å²) in [4.78, 5) is 14.8. The van der Waals surface area contributed by atoms with Crippen LogP contribution in [0.25, 0.3) is 0 Å². The number of hydrogen-bond donors (Lipinski definition) is 1. The van der Waals surface area contributed by atoms with E-state index in [9.17, 15) is 4.79 Å². The summed E-state index contributed by atoms with van der Waals surface area (Å²) in [7, 11) is 0. The van der Waals surface area contributed by atoms with Crippen LogP contribution < -0.4 is 5.32 Å². The van der Waals surface area contributed by atoms with Gasteiger partial charge in [-0.25, -0.2) is 9.48 Å². The second-order valence-electron chi connectivity index (χ2n) is 8.33. The molecule has 4 unspecified atom stereocenters. The Balaban J connectivity index is 1.32. The fourth-order valence-corrected chi connectivity index (χ4v) is 5.39. The van der Waals surface area contributed by atoms with Crippen molar-refractivity contribution in [3.8, 4) is 0 Å². The highest BCUT2D eigenvalue weighted by molar-refractivity contribution is 6.31. The third kappa shape index (κ3) is 2.90. The average molecular weight is 386 g/mol. The molecule has 2 saturated heterocycles. The van der Waals surface area contributed by atoms with Gasteiger partial charge in [0.05, 0.1) is 12.2 Å². The lowest BCUT2D eigenvalue weighted by molar-refractivity contribution is -0.00601. The topological polar surface area (TPSA) is 63.1 Å². The highest BCUT2D eigenvalue weighted by Crippen LogP contribution is 2.48. The molecule has 7 heteroatoms. The molecule has 6 rings (SSSR count). The number of urea groups is 1. The molecule has 2 aliphatic heterocycles. The molecule has 2 amide bonds. The number of rotatable bonds is 3. The van der Waals surface area contributed by atoms with Crippen molar-refractivity contribution in [2.24, 2.45) is 5.92 Å². The molecule has 2 aromatic rings. The predicted octanol–water partition coefficient (Wildman–Crippen LogP) is 4.45. The summed E-state index contributed by atoms with van der Waals surface area (Å²) in [5.41, 5.74) is 1.90. The van der Waals surface area contributed by atoms with Gasteiger partial charge in [-0.3, -0.25) is 0 Å². The van der Waals surface area contributed by atoms with E-state index in [2.05, 4.69) is 22.6 Å².